The maximum atomic E-state index is 10.1. The quantitative estimate of drug-likeness (QED) is 0.617. The molecule has 1 aromatic carbocycles. The van der Waals surface area contributed by atoms with Crippen molar-refractivity contribution in [1.29, 1.82) is 0 Å². The Kier molecular flexibility index (Phi) is 3.25. The van der Waals surface area contributed by atoms with Crippen molar-refractivity contribution >= 4 is 17.4 Å². The van der Waals surface area contributed by atoms with Crippen LogP contribution >= 0.6 is 0 Å². The van der Waals surface area contributed by atoms with Crippen molar-refractivity contribution in [2.75, 3.05) is 6.61 Å². The maximum Gasteiger partial charge on any atom is 0.293 e. The summed E-state index contributed by atoms with van der Waals surface area (Å²) in [5, 5.41) is 1.27. The Morgan fingerprint density at radius 1 is 1.38 bits per heavy atom. The van der Waals surface area contributed by atoms with Crippen LogP contribution in [-0.4, -0.2) is 18.1 Å². The highest BCUT2D eigenvalue weighted by Crippen LogP contribution is 2.23. The van der Waals surface area contributed by atoms with E-state index in [0.717, 1.165) is 18.4 Å². The van der Waals surface area contributed by atoms with Gasteiger partial charge in [0, 0.05) is 23.0 Å². The number of benzene rings is 1. The number of nitrogens with one attached hydrogen (secondary N) is 1. The number of hydrogen-bond acceptors (Lipinski definition) is 2. The molecular formula is C13H15NO2. The minimum Gasteiger partial charge on any atom is -0.467 e. The van der Waals surface area contributed by atoms with Gasteiger partial charge in [-0.3, -0.25) is 4.79 Å². The zero-order chi connectivity index (χ0) is 11.4. The predicted octanol–water partition coefficient (Wildman–Crippen LogP) is 2.45. The third-order valence-electron chi connectivity index (χ3n) is 2.79. The van der Waals surface area contributed by atoms with E-state index >= 15 is 0 Å². The van der Waals surface area contributed by atoms with Crippen LogP contribution in [0.25, 0.3) is 10.9 Å². The van der Waals surface area contributed by atoms with Crippen LogP contribution < -0.4 is 0 Å². The number of aromatic nitrogens is 1. The molecule has 1 N–H and O–H groups in total. The number of ether oxygens (including phenoxy) is 1. The van der Waals surface area contributed by atoms with Gasteiger partial charge in [-0.2, -0.15) is 0 Å². The SMILES string of the molecule is CCc1c(CCOC=O)[nH]c2ccccc12. The molecule has 0 aliphatic carbocycles. The number of fused-ring (bicyclic) bond motifs is 1. The van der Waals surface area contributed by atoms with Crippen molar-refractivity contribution in [3.05, 3.63) is 35.5 Å². The fourth-order valence-electron chi connectivity index (χ4n) is 2.08. The molecule has 84 valence electrons. The lowest BCUT2D eigenvalue weighted by Crippen LogP contribution is -1.99. The summed E-state index contributed by atoms with van der Waals surface area (Å²) in [6, 6.07) is 8.25. The van der Waals surface area contributed by atoms with Crippen LogP contribution in [0.3, 0.4) is 0 Å². The fourth-order valence-corrected chi connectivity index (χ4v) is 2.08. The van der Waals surface area contributed by atoms with E-state index in [0.29, 0.717) is 13.1 Å². The lowest BCUT2D eigenvalue weighted by molar-refractivity contribution is -0.128. The van der Waals surface area contributed by atoms with Gasteiger partial charge >= 0.3 is 0 Å². The summed E-state index contributed by atoms with van der Waals surface area (Å²) < 4.78 is 4.73. The van der Waals surface area contributed by atoms with E-state index in [9.17, 15) is 4.79 Å². The number of aromatic amines is 1. The average Bonchev–Trinajstić information content (AvgIpc) is 2.67. The summed E-state index contributed by atoms with van der Waals surface area (Å²) in [4.78, 5) is 13.5. The minimum absolute atomic E-state index is 0.434. The molecule has 16 heavy (non-hydrogen) atoms. The van der Waals surface area contributed by atoms with Gasteiger partial charge in [-0.1, -0.05) is 25.1 Å². The van der Waals surface area contributed by atoms with Crippen molar-refractivity contribution in [2.45, 2.75) is 19.8 Å². The van der Waals surface area contributed by atoms with Crippen LogP contribution in [0.4, 0.5) is 0 Å². The van der Waals surface area contributed by atoms with Crippen molar-refractivity contribution in [2.24, 2.45) is 0 Å². The first-order valence-corrected chi connectivity index (χ1v) is 5.50. The Labute approximate surface area is 94.4 Å². The van der Waals surface area contributed by atoms with Crippen LogP contribution in [-0.2, 0) is 22.4 Å². The van der Waals surface area contributed by atoms with Gasteiger partial charge in [-0.15, -0.1) is 0 Å². The molecule has 0 atom stereocenters. The number of carbonyl (C=O) groups is 1. The lowest BCUT2D eigenvalue weighted by Gasteiger charge is -2.01. The number of aryl methyl sites for hydroxylation is 1. The summed E-state index contributed by atoms with van der Waals surface area (Å²) in [6.07, 6.45) is 1.73. The number of para-hydroxylation sites is 1. The zero-order valence-electron chi connectivity index (χ0n) is 9.32. The van der Waals surface area contributed by atoms with Crippen LogP contribution in [0.1, 0.15) is 18.2 Å². The number of rotatable bonds is 5. The maximum absolute atomic E-state index is 10.1. The fraction of sp³-hybridized carbons (Fsp3) is 0.308. The number of carbonyl (C=O) groups excluding carboxylic acids is 1. The van der Waals surface area contributed by atoms with E-state index in [1.807, 2.05) is 12.1 Å². The Morgan fingerprint density at radius 3 is 2.94 bits per heavy atom. The smallest absolute Gasteiger partial charge is 0.293 e. The molecule has 3 nitrogen and oxygen atoms in total. The van der Waals surface area contributed by atoms with Gasteiger partial charge in [0.25, 0.3) is 6.47 Å². The zero-order valence-corrected chi connectivity index (χ0v) is 9.32. The van der Waals surface area contributed by atoms with Gasteiger partial charge in [0.1, 0.15) is 0 Å². The monoisotopic (exact) mass is 217 g/mol. The first-order valence-electron chi connectivity index (χ1n) is 5.50. The molecule has 0 bridgehead atoms. The first kappa shape index (κ1) is 10.7. The molecule has 0 saturated carbocycles. The summed E-state index contributed by atoms with van der Waals surface area (Å²) in [6.45, 7) is 3.07. The summed E-state index contributed by atoms with van der Waals surface area (Å²) in [5.41, 5.74) is 3.65. The molecular weight excluding hydrogens is 202 g/mol. The minimum atomic E-state index is 0.434. The molecule has 1 aromatic heterocycles. The molecule has 0 radical (unpaired) electrons. The van der Waals surface area contributed by atoms with Crippen molar-refractivity contribution in [1.82, 2.24) is 4.98 Å². The van der Waals surface area contributed by atoms with Gasteiger partial charge in [0.2, 0.25) is 0 Å². The van der Waals surface area contributed by atoms with E-state index in [2.05, 4.69) is 24.0 Å². The van der Waals surface area contributed by atoms with E-state index < -0.39 is 0 Å². The lowest BCUT2D eigenvalue weighted by atomic mass is 10.1. The second-order valence-corrected chi connectivity index (χ2v) is 3.70. The second-order valence-electron chi connectivity index (χ2n) is 3.70. The van der Waals surface area contributed by atoms with Crippen LogP contribution in [0.2, 0.25) is 0 Å². The molecule has 0 fully saturated rings. The average molecular weight is 217 g/mol. The Morgan fingerprint density at radius 2 is 2.19 bits per heavy atom. The Bertz CT molecular complexity index is 488. The van der Waals surface area contributed by atoms with Gasteiger partial charge < -0.3 is 9.72 Å². The molecule has 0 aliphatic rings. The standard InChI is InChI=1S/C13H15NO2/c1-2-10-11-5-3-4-6-12(11)14-13(10)7-8-16-9-15/h3-6,9,14H,2,7-8H2,1H3. The highest BCUT2D eigenvalue weighted by atomic mass is 16.5. The summed E-state index contributed by atoms with van der Waals surface area (Å²) >= 11 is 0. The highest BCUT2D eigenvalue weighted by molar-refractivity contribution is 5.84. The van der Waals surface area contributed by atoms with E-state index in [1.54, 1.807) is 0 Å². The Hall–Kier alpha value is -1.77. The van der Waals surface area contributed by atoms with Gasteiger partial charge in [0.05, 0.1) is 6.61 Å². The molecule has 0 saturated heterocycles. The van der Waals surface area contributed by atoms with E-state index in [1.165, 1.54) is 16.6 Å². The third-order valence-corrected chi connectivity index (χ3v) is 2.79. The van der Waals surface area contributed by atoms with Crippen molar-refractivity contribution in [3.8, 4) is 0 Å². The summed E-state index contributed by atoms with van der Waals surface area (Å²) in [5.74, 6) is 0. The van der Waals surface area contributed by atoms with Gasteiger partial charge in [-0.25, -0.2) is 0 Å². The van der Waals surface area contributed by atoms with Crippen LogP contribution in [0, 0.1) is 0 Å². The topological polar surface area (TPSA) is 42.1 Å². The molecule has 0 amide bonds. The molecule has 0 spiro atoms. The summed E-state index contributed by atoms with van der Waals surface area (Å²) in [7, 11) is 0. The van der Waals surface area contributed by atoms with Crippen molar-refractivity contribution < 1.29 is 9.53 Å². The number of H-pyrrole nitrogens is 1. The molecule has 0 unspecified atom stereocenters. The molecule has 0 aliphatic heterocycles. The number of hydrogen-bond donors (Lipinski definition) is 1. The van der Waals surface area contributed by atoms with Crippen LogP contribution in [0.15, 0.2) is 24.3 Å². The second kappa shape index (κ2) is 4.84. The Balaban J connectivity index is 2.32. The van der Waals surface area contributed by atoms with Crippen LogP contribution in [0.5, 0.6) is 0 Å². The molecule has 2 aromatic rings. The third kappa shape index (κ3) is 1.94. The van der Waals surface area contributed by atoms with E-state index in [-0.39, 0.29) is 0 Å². The van der Waals surface area contributed by atoms with Gasteiger partial charge in [-0.05, 0) is 18.1 Å². The molecule has 1 heterocycles. The highest BCUT2D eigenvalue weighted by Gasteiger charge is 2.08. The normalized spacial score (nSPS) is 10.6. The first-order chi connectivity index (χ1) is 7.86. The largest absolute Gasteiger partial charge is 0.467 e. The predicted molar refractivity (Wildman–Crippen MR) is 63.4 cm³/mol. The van der Waals surface area contributed by atoms with Crippen molar-refractivity contribution in [3.63, 3.8) is 0 Å². The molecule has 3 heteroatoms. The van der Waals surface area contributed by atoms with E-state index in [4.69, 9.17) is 4.74 Å². The van der Waals surface area contributed by atoms with Gasteiger partial charge in [0.15, 0.2) is 0 Å². The molecule has 2 rings (SSSR count).